The Kier molecular flexibility index (Phi) is 9.14. The first-order valence-electron chi connectivity index (χ1n) is 5.96. The maximum absolute atomic E-state index is 11.3. The number of carboxylic acids is 1. The van der Waals surface area contributed by atoms with Gasteiger partial charge in [0.05, 0.1) is 0 Å². The minimum atomic E-state index is -1.02. The molecule has 3 N–H and O–H groups in total. The molecule has 0 aliphatic heterocycles. The van der Waals surface area contributed by atoms with E-state index in [4.69, 9.17) is 9.84 Å². The van der Waals surface area contributed by atoms with Crippen LogP contribution in [0.2, 0.25) is 0 Å². The number of amides is 2. The molecule has 0 spiro atoms. The van der Waals surface area contributed by atoms with E-state index in [1.54, 1.807) is 6.92 Å². The number of aliphatic carboxylic acids is 1. The summed E-state index contributed by atoms with van der Waals surface area (Å²) in [6.45, 7) is 5.54. The number of rotatable bonds is 9. The molecule has 0 aliphatic rings. The molecule has 0 aromatic heterocycles. The van der Waals surface area contributed by atoms with E-state index in [-0.39, 0.29) is 0 Å². The summed E-state index contributed by atoms with van der Waals surface area (Å²) in [4.78, 5) is 21.9. The smallest absolute Gasteiger partial charge is 0.326 e. The third-order valence-corrected chi connectivity index (χ3v) is 2.11. The van der Waals surface area contributed by atoms with Crippen LogP contribution in [-0.4, -0.2) is 42.9 Å². The second-order valence-electron chi connectivity index (χ2n) is 3.67. The summed E-state index contributed by atoms with van der Waals surface area (Å²) in [5.74, 6) is -1.02. The number of nitrogens with one attached hydrogen (secondary N) is 2. The Bertz CT molecular complexity index is 234. The van der Waals surface area contributed by atoms with E-state index in [2.05, 4.69) is 10.6 Å². The van der Waals surface area contributed by atoms with Crippen molar-refractivity contribution in [2.45, 2.75) is 39.2 Å². The van der Waals surface area contributed by atoms with Crippen molar-refractivity contribution >= 4 is 12.0 Å². The van der Waals surface area contributed by atoms with Gasteiger partial charge in [0.2, 0.25) is 0 Å². The SMILES string of the molecule is CCCOCCCNC(=O)N[C@@H](CC)C(=O)O. The Hall–Kier alpha value is -1.30. The van der Waals surface area contributed by atoms with Crippen LogP contribution in [0.4, 0.5) is 4.79 Å². The normalized spacial score (nSPS) is 11.9. The van der Waals surface area contributed by atoms with Gasteiger partial charge in [-0.15, -0.1) is 0 Å². The van der Waals surface area contributed by atoms with Gasteiger partial charge >= 0.3 is 12.0 Å². The summed E-state index contributed by atoms with van der Waals surface area (Å²) in [6, 6.07) is -1.28. The number of carboxylic acid groups (broad SMARTS) is 1. The summed E-state index contributed by atoms with van der Waals surface area (Å²) in [5.41, 5.74) is 0. The molecule has 0 radical (unpaired) electrons. The van der Waals surface area contributed by atoms with Gasteiger partial charge in [0.1, 0.15) is 6.04 Å². The fourth-order valence-electron chi connectivity index (χ4n) is 1.17. The highest BCUT2D eigenvalue weighted by molar-refractivity contribution is 5.82. The van der Waals surface area contributed by atoms with E-state index < -0.39 is 18.0 Å². The van der Waals surface area contributed by atoms with E-state index in [1.807, 2.05) is 6.92 Å². The molecule has 0 bridgehead atoms. The lowest BCUT2D eigenvalue weighted by Crippen LogP contribution is -2.45. The van der Waals surface area contributed by atoms with Crippen LogP contribution in [0.5, 0.6) is 0 Å². The van der Waals surface area contributed by atoms with Gasteiger partial charge in [-0.3, -0.25) is 0 Å². The third-order valence-electron chi connectivity index (χ3n) is 2.11. The van der Waals surface area contributed by atoms with Crippen molar-refractivity contribution in [3.05, 3.63) is 0 Å². The molecule has 0 heterocycles. The highest BCUT2D eigenvalue weighted by Crippen LogP contribution is 1.90. The summed E-state index contributed by atoms with van der Waals surface area (Å²) in [7, 11) is 0. The highest BCUT2D eigenvalue weighted by atomic mass is 16.5. The van der Waals surface area contributed by atoms with Crippen LogP contribution in [-0.2, 0) is 9.53 Å². The average Bonchev–Trinajstić information content (AvgIpc) is 2.30. The van der Waals surface area contributed by atoms with Crippen molar-refractivity contribution in [3.63, 3.8) is 0 Å². The predicted octanol–water partition coefficient (Wildman–Crippen LogP) is 0.965. The van der Waals surface area contributed by atoms with E-state index in [0.29, 0.717) is 19.6 Å². The van der Waals surface area contributed by atoms with Gasteiger partial charge in [0.15, 0.2) is 0 Å². The zero-order chi connectivity index (χ0) is 13.1. The molecule has 0 saturated carbocycles. The summed E-state index contributed by atoms with van der Waals surface area (Å²) < 4.78 is 5.24. The van der Waals surface area contributed by atoms with E-state index >= 15 is 0 Å². The van der Waals surface area contributed by atoms with Crippen LogP contribution in [0.15, 0.2) is 0 Å². The fourth-order valence-corrected chi connectivity index (χ4v) is 1.17. The first kappa shape index (κ1) is 15.7. The van der Waals surface area contributed by atoms with Crippen LogP contribution < -0.4 is 10.6 Å². The minimum Gasteiger partial charge on any atom is -0.480 e. The van der Waals surface area contributed by atoms with Crippen LogP contribution in [0.1, 0.15) is 33.1 Å². The Balaban J connectivity index is 3.55. The van der Waals surface area contributed by atoms with Gasteiger partial charge in [-0.25, -0.2) is 9.59 Å². The summed E-state index contributed by atoms with van der Waals surface area (Å²) >= 11 is 0. The highest BCUT2D eigenvalue weighted by Gasteiger charge is 2.16. The van der Waals surface area contributed by atoms with Gasteiger partial charge in [0.25, 0.3) is 0 Å². The maximum atomic E-state index is 11.3. The van der Waals surface area contributed by atoms with Crippen molar-refractivity contribution in [1.29, 1.82) is 0 Å². The third kappa shape index (κ3) is 8.50. The quantitative estimate of drug-likeness (QED) is 0.529. The van der Waals surface area contributed by atoms with Gasteiger partial charge in [-0.2, -0.15) is 0 Å². The van der Waals surface area contributed by atoms with Gasteiger partial charge in [-0.1, -0.05) is 13.8 Å². The number of ether oxygens (including phenoxy) is 1. The van der Waals surface area contributed by atoms with Gasteiger partial charge < -0.3 is 20.5 Å². The molecule has 0 aromatic carbocycles. The van der Waals surface area contributed by atoms with E-state index in [9.17, 15) is 9.59 Å². The van der Waals surface area contributed by atoms with E-state index in [1.165, 1.54) is 0 Å². The molecule has 6 heteroatoms. The molecule has 0 aliphatic carbocycles. The molecule has 17 heavy (non-hydrogen) atoms. The lowest BCUT2D eigenvalue weighted by molar-refractivity contribution is -0.139. The summed E-state index contributed by atoms with van der Waals surface area (Å²) in [5, 5.41) is 13.7. The molecule has 2 amide bonds. The molecule has 100 valence electrons. The van der Waals surface area contributed by atoms with Crippen LogP contribution in [0.25, 0.3) is 0 Å². The molecular formula is C11H22N2O4. The lowest BCUT2D eigenvalue weighted by atomic mass is 10.2. The fraction of sp³-hybridized carbons (Fsp3) is 0.818. The molecule has 0 fully saturated rings. The zero-order valence-electron chi connectivity index (χ0n) is 10.5. The first-order valence-corrected chi connectivity index (χ1v) is 5.96. The zero-order valence-corrected chi connectivity index (χ0v) is 10.5. The lowest BCUT2D eigenvalue weighted by Gasteiger charge is -2.13. The monoisotopic (exact) mass is 246 g/mol. The Labute approximate surface area is 102 Å². The molecular weight excluding hydrogens is 224 g/mol. The second-order valence-corrected chi connectivity index (χ2v) is 3.67. The van der Waals surface area contributed by atoms with Gasteiger partial charge in [0, 0.05) is 19.8 Å². The molecule has 1 atom stereocenters. The predicted molar refractivity (Wildman–Crippen MR) is 64.0 cm³/mol. The Morgan fingerprint density at radius 1 is 1.29 bits per heavy atom. The number of hydrogen-bond acceptors (Lipinski definition) is 3. The standard InChI is InChI=1S/C11H22N2O4/c1-3-7-17-8-5-6-12-11(16)13-9(4-2)10(14)15/h9H,3-8H2,1-2H3,(H,14,15)(H2,12,13,16)/t9-/m0/s1. The number of urea groups is 1. The van der Waals surface area contributed by atoms with Crippen LogP contribution >= 0.6 is 0 Å². The first-order chi connectivity index (χ1) is 8.11. The average molecular weight is 246 g/mol. The second kappa shape index (κ2) is 9.89. The van der Waals surface area contributed by atoms with E-state index in [0.717, 1.165) is 19.4 Å². The molecule has 6 nitrogen and oxygen atoms in total. The molecule has 0 rings (SSSR count). The van der Waals surface area contributed by atoms with Crippen molar-refractivity contribution in [1.82, 2.24) is 10.6 Å². The topological polar surface area (TPSA) is 87.7 Å². The molecule has 0 aromatic rings. The maximum Gasteiger partial charge on any atom is 0.326 e. The largest absolute Gasteiger partial charge is 0.480 e. The number of carbonyl (C=O) groups excluding carboxylic acids is 1. The number of carbonyl (C=O) groups is 2. The van der Waals surface area contributed by atoms with Crippen molar-refractivity contribution < 1.29 is 19.4 Å². The Morgan fingerprint density at radius 3 is 2.53 bits per heavy atom. The minimum absolute atomic E-state index is 0.363. The van der Waals surface area contributed by atoms with Crippen molar-refractivity contribution in [2.24, 2.45) is 0 Å². The molecule has 0 saturated heterocycles. The van der Waals surface area contributed by atoms with Gasteiger partial charge in [-0.05, 0) is 19.3 Å². The van der Waals surface area contributed by atoms with Crippen LogP contribution in [0.3, 0.4) is 0 Å². The van der Waals surface area contributed by atoms with Crippen LogP contribution in [0, 0.1) is 0 Å². The Morgan fingerprint density at radius 2 is 2.00 bits per heavy atom. The van der Waals surface area contributed by atoms with Crippen molar-refractivity contribution in [2.75, 3.05) is 19.8 Å². The van der Waals surface area contributed by atoms with Crippen molar-refractivity contribution in [3.8, 4) is 0 Å². The number of hydrogen-bond donors (Lipinski definition) is 3. The molecule has 0 unspecified atom stereocenters. The summed E-state index contributed by atoms with van der Waals surface area (Å²) in [6.07, 6.45) is 2.06.